The summed E-state index contributed by atoms with van der Waals surface area (Å²) < 4.78 is 0. The third kappa shape index (κ3) is 3.11. The smallest absolute Gasteiger partial charge is 0.158 e. The first-order valence-corrected chi connectivity index (χ1v) is 5.46. The van der Waals surface area contributed by atoms with E-state index in [1.807, 2.05) is 18.4 Å². The highest BCUT2D eigenvalue weighted by Gasteiger charge is 1.92. The SMILES string of the molecule is CCc1ccc(N=C(N)SC)cc1. The number of aryl methyl sites for hydroxylation is 1. The molecule has 0 saturated carbocycles. The van der Waals surface area contributed by atoms with Gasteiger partial charge in [0.05, 0.1) is 5.69 Å². The maximum absolute atomic E-state index is 5.59. The molecule has 0 aliphatic carbocycles. The van der Waals surface area contributed by atoms with Crippen LogP contribution < -0.4 is 5.73 Å². The highest BCUT2D eigenvalue weighted by atomic mass is 32.2. The lowest BCUT2D eigenvalue weighted by Gasteiger charge is -1.98. The van der Waals surface area contributed by atoms with E-state index in [1.165, 1.54) is 17.3 Å². The van der Waals surface area contributed by atoms with Crippen LogP contribution in [0.15, 0.2) is 29.3 Å². The number of thioether (sulfide) groups is 1. The van der Waals surface area contributed by atoms with Gasteiger partial charge in [-0.3, -0.25) is 0 Å². The fraction of sp³-hybridized carbons (Fsp3) is 0.300. The van der Waals surface area contributed by atoms with Gasteiger partial charge in [0.15, 0.2) is 5.17 Å². The molecular weight excluding hydrogens is 180 g/mol. The number of hydrogen-bond donors (Lipinski definition) is 1. The molecule has 0 amide bonds. The normalized spacial score (nSPS) is 11.7. The van der Waals surface area contributed by atoms with Crippen LogP contribution in [-0.4, -0.2) is 11.4 Å². The van der Waals surface area contributed by atoms with Crippen molar-refractivity contribution in [1.29, 1.82) is 0 Å². The zero-order valence-corrected chi connectivity index (χ0v) is 8.77. The van der Waals surface area contributed by atoms with Crippen molar-refractivity contribution in [3.63, 3.8) is 0 Å². The molecule has 0 atom stereocenters. The largest absolute Gasteiger partial charge is 0.378 e. The fourth-order valence-corrected chi connectivity index (χ4v) is 1.18. The Morgan fingerprint density at radius 1 is 1.38 bits per heavy atom. The number of aliphatic imine (C=N–C) groups is 1. The molecule has 0 radical (unpaired) electrons. The molecule has 1 aromatic carbocycles. The molecular formula is C10H14N2S. The summed E-state index contributed by atoms with van der Waals surface area (Å²) in [6.07, 6.45) is 2.97. The van der Waals surface area contributed by atoms with E-state index in [-0.39, 0.29) is 0 Å². The van der Waals surface area contributed by atoms with E-state index in [9.17, 15) is 0 Å². The molecule has 0 aromatic heterocycles. The van der Waals surface area contributed by atoms with E-state index < -0.39 is 0 Å². The second-order valence-electron chi connectivity index (χ2n) is 2.67. The van der Waals surface area contributed by atoms with Gasteiger partial charge < -0.3 is 5.73 Å². The van der Waals surface area contributed by atoms with Crippen LogP contribution in [0.2, 0.25) is 0 Å². The van der Waals surface area contributed by atoms with Gasteiger partial charge in [-0.15, -0.1) is 0 Å². The van der Waals surface area contributed by atoms with Crippen LogP contribution in [0.1, 0.15) is 12.5 Å². The summed E-state index contributed by atoms with van der Waals surface area (Å²) in [7, 11) is 0. The van der Waals surface area contributed by atoms with Crippen molar-refractivity contribution < 1.29 is 0 Å². The van der Waals surface area contributed by atoms with Crippen molar-refractivity contribution in [2.75, 3.05) is 6.26 Å². The average Bonchev–Trinajstić information content (AvgIpc) is 2.19. The van der Waals surface area contributed by atoms with E-state index in [2.05, 4.69) is 24.0 Å². The Morgan fingerprint density at radius 3 is 2.46 bits per heavy atom. The third-order valence-corrected chi connectivity index (χ3v) is 2.30. The van der Waals surface area contributed by atoms with Crippen molar-refractivity contribution >= 4 is 22.6 Å². The van der Waals surface area contributed by atoms with Crippen LogP contribution in [0, 0.1) is 0 Å². The number of benzene rings is 1. The van der Waals surface area contributed by atoms with Gasteiger partial charge in [0.25, 0.3) is 0 Å². The van der Waals surface area contributed by atoms with E-state index in [4.69, 9.17) is 5.73 Å². The second kappa shape index (κ2) is 4.92. The number of rotatable bonds is 2. The van der Waals surface area contributed by atoms with Gasteiger partial charge >= 0.3 is 0 Å². The minimum atomic E-state index is 0.601. The summed E-state index contributed by atoms with van der Waals surface area (Å²) in [4.78, 5) is 4.21. The molecule has 0 fully saturated rings. The van der Waals surface area contributed by atoms with Gasteiger partial charge in [-0.1, -0.05) is 30.8 Å². The zero-order chi connectivity index (χ0) is 9.68. The highest BCUT2D eigenvalue weighted by Crippen LogP contribution is 2.14. The van der Waals surface area contributed by atoms with Gasteiger partial charge in [0, 0.05) is 0 Å². The van der Waals surface area contributed by atoms with Gasteiger partial charge in [-0.2, -0.15) is 0 Å². The Morgan fingerprint density at radius 2 is 2.00 bits per heavy atom. The van der Waals surface area contributed by atoms with E-state index >= 15 is 0 Å². The van der Waals surface area contributed by atoms with Crippen molar-refractivity contribution in [2.24, 2.45) is 10.7 Å². The summed E-state index contributed by atoms with van der Waals surface area (Å²) >= 11 is 1.46. The van der Waals surface area contributed by atoms with Crippen LogP contribution in [-0.2, 0) is 6.42 Å². The first-order chi connectivity index (χ1) is 6.26. The standard InChI is InChI=1S/C10H14N2S/c1-3-8-4-6-9(7-5-8)12-10(11)13-2/h4-7H,3H2,1-2H3,(H2,11,12). The topological polar surface area (TPSA) is 38.4 Å². The van der Waals surface area contributed by atoms with E-state index in [0.717, 1.165) is 12.1 Å². The Hall–Kier alpha value is -0.960. The molecule has 3 heteroatoms. The fourth-order valence-electron chi connectivity index (χ4n) is 0.979. The van der Waals surface area contributed by atoms with Crippen molar-refractivity contribution in [3.8, 4) is 0 Å². The maximum atomic E-state index is 5.59. The predicted octanol–water partition coefficient (Wildman–Crippen LogP) is 2.56. The lowest BCUT2D eigenvalue weighted by molar-refractivity contribution is 1.14. The average molecular weight is 194 g/mol. The quantitative estimate of drug-likeness (QED) is 0.580. The molecule has 70 valence electrons. The van der Waals surface area contributed by atoms with Crippen molar-refractivity contribution in [3.05, 3.63) is 29.8 Å². The summed E-state index contributed by atoms with van der Waals surface area (Å²) in [5, 5.41) is 0.601. The van der Waals surface area contributed by atoms with Crippen molar-refractivity contribution in [1.82, 2.24) is 0 Å². The van der Waals surface area contributed by atoms with Crippen LogP contribution in [0.5, 0.6) is 0 Å². The van der Waals surface area contributed by atoms with Gasteiger partial charge in [-0.05, 0) is 30.4 Å². The molecule has 0 bridgehead atoms. The lowest BCUT2D eigenvalue weighted by atomic mass is 10.2. The summed E-state index contributed by atoms with van der Waals surface area (Å²) in [6, 6.07) is 8.13. The highest BCUT2D eigenvalue weighted by molar-refractivity contribution is 8.13. The van der Waals surface area contributed by atoms with E-state index in [0.29, 0.717) is 5.17 Å². The Labute approximate surface area is 83.2 Å². The molecule has 1 aromatic rings. The minimum absolute atomic E-state index is 0.601. The number of amidine groups is 1. The first kappa shape index (κ1) is 10.1. The zero-order valence-electron chi connectivity index (χ0n) is 7.95. The third-order valence-electron chi connectivity index (χ3n) is 1.79. The summed E-state index contributed by atoms with van der Waals surface area (Å²) in [6.45, 7) is 2.13. The molecule has 0 aliphatic heterocycles. The molecule has 2 N–H and O–H groups in total. The second-order valence-corrected chi connectivity index (χ2v) is 3.50. The van der Waals surface area contributed by atoms with Gasteiger partial charge in [0.2, 0.25) is 0 Å². The molecule has 0 heterocycles. The number of hydrogen-bond acceptors (Lipinski definition) is 2. The molecule has 0 unspecified atom stereocenters. The molecule has 0 aliphatic rings. The molecule has 0 saturated heterocycles. The van der Waals surface area contributed by atoms with Crippen LogP contribution >= 0.6 is 11.8 Å². The summed E-state index contributed by atoms with van der Waals surface area (Å²) in [5.41, 5.74) is 7.83. The molecule has 2 nitrogen and oxygen atoms in total. The Balaban J connectivity index is 2.80. The van der Waals surface area contributed by atoms with E-state index in [1.54, 1.807) is 0 Å². The Bertz CT molecular complexity index is 290. The van der Waals surface area contributed by atoms with Crippen LogP contribution in [0.25, 0.3) is 0 Å². The van der Waals surface area contributed by atoms with Crippen LogP contribution in [0.4, 0.5) is 5.69 Å². The first-order valence-electron chi connectivity index (χ1n) is 4.23. The monoisotopic (exact) mass is 194 g/mol. The van der Waals surface area contributed by atoms with Gasteiger partial charge in [-0.25, -0.2) is 4.99 Å². The predicted molar refractivity (Wildman–Crippen MR) is 60.6 cm³/mol. The number of nitrogens with zero attached hydrogens (tertiary/aromatic N) is 1. The lowest BCUT2D eigenvalue weighted by Crippen LogP contribution is -2.03. The molecule has 0 spiro atoms. The maximum Gasteiger partial charge on any atom is 0.158 e. The number of nitrogens with two attached hydrogens (primary N) is 1. The molecule has 1 rings (SSSR count). The Kier molecular flexibility index (Phi) is 3.83. The van der Waals surface area contributed by atoms with Crippen LogP contribution in [0.3, 0.4) is 0 Å². The summed E-state index contributed by atoms with van der Waals surface area (Å²) in [5.74, 6) is 0. The minimum Gasteiger partial charge on any atom is -0.378 e. The van der Waals surface area contributed by atoms with Crippen molar-refractivity contribution in [2.45, 2.75) is 13.3 Å². The van der Waals surface area contributed by atoms with Gasteiger partial charge in [0.1, 0.15) is 0 Å². The molecule has 13 heavy (non-hydrogen) atoms.